The van der Waals surface area contributed by atoms with Crippen molar-refractivity contribution in [3.63, 3.8) is 0 Å². The number of thioether (sulfide) groups is 1. The molecule has 0 spiro atoms. The molecule has 0 radical (unpaired) electrons. The summed E-state index contributed by atoms with van der Waals surface area (Å²) in [7, 11) is 0. The van der Waals surface area contributed by atoms with Crippen LogP contribution >= 0.6 is 11.8 Å². The summed E-state index contributed by atoms with van der Waals surface area (Å²) < 4.78 is 0. The Morgan fingerprint density at radius 2 is 1.16 bits per heavy atom. The van der Waals surface area contributed by atoms with E-state index in [0.717, 1.165) is 27.7 Å². The van der Waals surface area contributed by atoms with Crippen molar-refractivity contribution in [2.45, 2.75) is 46.4 Å². The molecule has 0 fully saturated rings. The van der Waals surface area contributed by atoms with Crippen LogP contribution in [0.25, 0.3) is 0 Å². The Balaban J connectivity index is 3.37. The summed E-state index contributed by atoms with van der Waals surface area (Å²) in [6, 6.07) is 0. The number of hydrogen-bond acceptors (Lipinski definition) is 7. The van der Waals surface area contributed by atoms with Gasteiger partial charge in [0.1, 0.15) is 27.1 Å². The fourth-order valence-electron chi connectivity index (χ4n) is 5.39. The maximum atomic E-state index is 12.7. The zero-order chi connectivity index (χ0) is 24.5. The normalized spacial score (nSPS) is 42.1. The van der Waals surface area contributed by atoms with Crippen molar-refractivity contribution in [2.75, 3.05) is 0 Å². The number of aliphatic carboxylic acids is 5. The second kappa shape index (κ2) is 6.70. The summed E-state index contributed by atoms with van der Waals surface area (Å²) in [6.45, 7) is 5.05. The van der Waals surface area contributed by atoms with Crippen LogP contribution in [0.5, 0.6) is 0 Å². The average Bonchev–Trinajstić information content (AvgIpc) is 2.97. The Hall–Kier alpha value is -2.60. The van der Waals surface area contributed by atoms with E-state index in [0.29, 0.717) is 11.8 Å². The highest BCUT2D eigenvalue weighted by atomic mass is 32.2. The zero-order valence-corrected chi connectivity index (χ0v) is 18.4. The molecule has 172 valence electrons. The van der Waals surface area contributed by atoms with Crippen molar-refractivity contribution in [2.24, 2.45) is 32.8 Å². The van der Waals surface area contributed by atoms with Gasteiger partial charge in [0.05, 0.1) is 5.37 Å². The molecule has 2 rings (SSSR count). The van der Waals surface area contributed by atoms with E-state index < -0.39 is 67.9 Å². The highest BCUT2D eigenvalue weighted by Gasteiger charge is 2.83. The second-order valence-electron chi connectivity index (χ2n) is 8.59. The molecule has 6 unspecified atom stereocenters. The summed E-state index contributed by atoms with van der Waals surface area (Å²) in [5.41, 5.74) is -7.10. The third-order valence-corrected chi connectivity index (χ3v) is 9.51. The molecule has 0 bridgehead atoms. The van der Waals surface area contributed by atoms with E-state index in [1.54, 1.807) is 0 Å². The molecule has 11 nitrogen and oxygen atoms in total. The predicted octanol–water partition coefficient (Wildman–Crippen LogP) is 1.13. The van der Waals surface area contributed by atoms with Gasteiger partial charge in [-0.25, -0.2) is 0 Å². The van der Waals surface area contributed by atoms with Crippen LogP contribution in [0.15, 0.2) is 10.5 Å². The van der Waals surface area contributed by atoms with Gasteiger partial charge in [-0.05, 0) is 39.7 Å². The molecular weight excluding hydrogens is 434 g/mol. The molecule has 0 saturated heterocycles. The molecule has 0 amide bonds. The molecule has 7 N–H and O–H groups in total. The van der Waals surface area contributed by atoms with Gasteiger partial charge in [-0.3, -0.25) is 24.0 Å². The van der Waals surface area contributed by atoms with Crippen LogP contribution in [-0.2, 0) is 24.0 Å². The summed E-state index contributed by atoms with van der Waals surface area (Å²) >= 11 is 0.573. The Labute approximate surface area is 181 Å². The van der Waals surface area contributed by atoms with E-state index in [4.69, 9.17) is 5.73 Å². The Bertz CT molecular complexity index is 961. The van der Waals surface area contributed by atoms with Crippen LogP contribution < -0.4 is 5.73 Å². The summed E-state index contributed by atoms with van der Waals surface area (Å²) in [6.07, 6.45) is -0.270. The van der Waals surface area contributed by atoms with Gasteiger partial charge in [0.2, 0.25) is 0 Å². The van der Waals surface area contributed by atoms with Crippen molar-refractivity contribution >= 4 is 41.6 Å². The third-order valence-electron chi connectivity index (χ3n) is 8.01. The van der Waals surface area contributed by atoms with Crippen molar-refractivity contribution in [3.05, 3.63) is 10.5 Å². The van der Waals surface area contributed by atoms with Gasteiger partial charge in [-0.2, -0.15) is 0 Å². The molecule has 0 aromatic rings. The van der Waals surface area contributed by atoms with Gasteiger partial charge in [-0.1, -0.05) is 6.92 Å². The van der Waals surface area contributed by atoms with E-state index >= 15 is 0 Å². The molecule has 2 aliphatic rings. The van der Waals surface area contributed by atoms with Crippen molar-refractivity contribution < 1.29 is 49.5 Å². The number of nitrogens with two attached hydrogens (primary N) is 1. The Morgan fingerprint density at radius 3 is 1.45 bits per heavy atom. The van der Waals surface area contributed by atoms with Gasteiger partial charge in [-0.15, -0.1) is 11.8 Å². The maximum absolute atomic E-state index is 12.7. The summed E-state index contributed by atoms with van der Waals surface area (Å²) in [5, 5.41) is 49.6. The SMILES string of the molecule is CCC1(C(=O)O)C2=C(SC1N)C(C)(C(=O)O)C(C)(C(=O)O)C(C)(C(=O)O)C2(C)C(=O)O. The van der Waals surface area contributed by atoms with Gasteiger partial charge in [0, 0.05) is 4.91 Å². The Morgan fingerprint density at radius 1 is 0.774 bits per heavy atom. The van der Waals surface area contributed by atoms with E-state index in [1.165, 1.54) is 6.92 Å². The van der Waals surface area contributed by atoms with E-state index in [9.17, 15) is 49.5 Å². The van der Waals surface area contributed by atoms with E-state index in [-0.39, 0.29) is 11.3 Å². The molecule has 6 atom stereocenters. The molecular formula is C19H25NO10S. The highest BCUT2D eigenvalue weighted by molar-refractivity contribution is 8.04. The fourth-order valence-corrected chi connectivity index (χ4v) is 7.27. The first-order valence-electron chi connectivity index (χ1n) is 9.26. The number of carboxylic acid groups (broad SMARTS) is 5. The quantitative estimate of drug-likeness (QED) is 0.330. The first-order chi connectivity index (χ1) is 13.9. The van der Waals surface area contributed by atoms with Crippen molar-refractivity contribution in [3.8, 4) is 0 Å². The number of rotatable bonds is 6. The first kappa shape index (κ1) is 24.7. The minimum atomic E-state index is -2.79. The average molecular weight is 459 g/mol. The molecule has 0 aromatic heterocycles. The van der Waals surface area contributed by atoms with E-state index in [2.05, 4.69) is 0 Å². The minimum Gasteiger partial charge on any atom is -0.481 e. The minimum absolute atomic E-state index is 0.270. The maximum Gasteiger partial charge on any atom is 0.316 e. The second-order valence-corrected chi connectivity index (χ2v) is 9.75. The van der Waals surface area contributed by atoms with Gasteiger partial charge in [0.15, 0.2) is 0 Å². The molecule has 1 aliphatic heterocycles. The van der Waals surface area contributed by atoms with Gasteiger partial charge < -0.3 is 31.3 Å². The van der Waals surface area contributed by atoms with Crippen LogP contribution in [0.2, 0.25) is 0 Å². The van der Waals surface area contributed by atoms with Crippen LogP contribution in [0.4, 0.5) is 0 Å². The van der Waals surface area contributed by atoms with Crippen LogP contribution in [-0.4, -0.2) is 60.8 Å². The molecule has 31 heavy (non-hydrogen) atoms. The van der Waals surface area contributed by atoms with Crippen LogP contribution in [0, 0.1) is 27.1 Å². The standard InChI is InChI=1S/C19H25NO10S/c1-6-19(14(29)30)7-8(31-9(19)20)16(3,11(23)24)18(5,13(27)28)17(4,12(25)26)15(7,2)10(21)22/h9H,6,20H2,1-5H3,(H,21,22)(H,23,24)(H,25,26)(H,27,28)(H,29,30). The van der Waals surface area contributed by atoms with Crippen molar-refractivity contribution in [1.29, 1.82) is 0 Å². The van der Waals surface area contributed by atoms with E-state index in [1.807, 2.05) is 0 Å². The molecule has 12 heteroatoms. The monoisotopic (exact) mass is 459 g/mol. The molecule has 1 heterocycles. The fraction of sp³-hybridized carbons (Fsp3) is 0.632. The smallest absolute Gasteiger partial charge is 0.316 e. The van der Waals surface area contributed by atoms with Gasteiger partial charge in [0.25, 0.3) is 0 Å². The van der Waals surface area contributed by atoms with Gasteiger partial charge >= 0.3 is 29.8 Å². The predicted molar refractivity (Wildman–Crippen MR) is 106 cm³/mol. The number of hydrogen-bond donors (Lipinski definition) is 6. The topological polar surface area (TPSA) is 213 Å². The Kier molecular flexibility index (Phi) is 5.33. The van der Waals surface area contributed by atoms with Crippen LogP contribution in [0.1, 0.15) is 41.0 Å². The highest BCUT2D eigenvalue weighted by Crippen LogP contribution is 2.76. The first-order valence-corrected chi connectivity index (χ1v) is 10.1. The third kappa shape index (κ3) is 2.21. The van der Waals surface area contributed by atoms with Crippen LogP contribution in [0.3, 0.4) is 0 Å². The molecule has 0 aromatic carbocycles. The summed E-state index contributed by atoms with van der Waals surface area (Å²) in [5.74, 6) is -8.81. The lowest BCUT2D eigenvalue weighted by atomic mass is 9.37. The number of carbonyl (C=O) groups is 5. The lowest BCUT2D eigenvalue weighted by molar-refractivity contribution is -0.210. The molecule has 1 aliphatic carbocycles. The lowest BCUT2D eigenvalue weighted by Gasteiger charge is -2.60. The summed E-state index contributed by atoms with van der Waals surface area (Å²) in [4.78, 5) is 62.6. The zero-order valence-electron chi connectivity index (χ0n) is 17.5. The largest absolute Gasteiger partial charge is 0.481 e. The number of carboxylic acids is 5. The van der Waals surface area contributed by atoms with Crippen molar-refractivity contribution in [1.82, 2.24) is 0 Å². The lowest BCUT2D eigenvalue weighted by Crippen LogP contribution is -2.71. The molecule has 0 saturated carbocycles.